The molecule has 0 fully saturated rings. The summed E-state index contributed by atoms with van der Waals surface area (Å²) < 4.78 is 17.0. The van der Waals surface area contributed by atoms with E-state index in [2.05, 4.69) is 27.4 Å². The summed E-state index contributed by atoms with van der Waals surface area (Å²) in [6, 6.07) is 15.7. The van der Waals surface area contributed by atoms with E-state index in [1.54, 1.807) is 13.2 Å². The summed E-state index contributed by atoms with van der Waals surface area (Å²) in [5, 5.41) is 3.62. The van der Waals surface area contributed by atoms with Crippen molar-refractivity contribution >= 4 is 0 Å². The summed E-state index contributed by atoms with van der Waals surface area (Å²) in [5.41, 5.74) is 2.79. The largest absolute Gasteiger partial charge is 0.493 e. The summed E-state index contributed by atoms with van der Waals surface area (Å²) >= 11 is 0. The molecule has 1 aromatic heterocycles. The zero-order chi connectivity index (χ0) is 22.5. The molecule has 1 unspecified atom stereocenters. The van der Waals surface area contributed by atoms with Crippen LogP contribution in [0.15, 0.2) is 53.3 Å². The molecule has 7 heteroatoms. The van der Waals surface area contributed by atoms with Crippen molar-refractivity contribution in [2.24, 2.45) is 0 Å². The van der Waals surface area contributed by atoms with Crippen LogP contribution in [0.25, 0.3) is 0 Å². The molecule has 32 heavy (non-hydrogen) atoms. The molecule has 1 atom stereocenters. The van der Waals surface area contributed by atoms with Gasteiger partial charge in [0, 0.05) is 36.7 Å². The minimum Gasteiger partial charge on any atom is -0.493 e. The highest BCUT2D eigenvalue weighted by Crippen LogP contribution is 2.40. The van der Waals surface area contributed by atoms with E-state index in [4.69, 9.17) is 14.2 Å². The molecule has 0 amide bonds. The maximum Gasteiger partial charge on any atom is 0.251 e. The smallest absolute Gasteiger partial charge is 0.251 e. The molecule has 1 aliphatic rings. The average molecular weight is 436 g/mol. The molecule has 0 spiro atoms. The van der Waals surface area contributed by atoms with Gasteiger partial charge in [0.2, 0.25) is 5.75 Å². The van der Waals surface area contributed by atoms with Crippen LogP contribution in [0.1, 0.15) is 48.5 Å². The molecule has 2 aromatic carbocycles. The van der Waals surface area contributed by atoms with Crippen LogP contribution in [0, 0.1) is 0 Å². The van der Waals surface area contributed by atoms with Gasteiger partial charge in [-0.1, -0.05) is 44.2 Å². The van der Waals surface area contributed by atoms with Crippen molar-refractivity contribution in [2.45, 2.75) is 38.8 Å². The second kappa shape index (κ2) is 9.87. The maximum absolute atomic E-state index is 12.2. The van der Waals surface area contributed by atoms with Crippen molar-refractivity contribution in [1.29, 1.82) is 0 Å². The van der Waals surface area contributed by atoms with E-state index in [1.807, 2.05) is 44.2 Å². The number of H-pyrrole nitrogens is 1. The molecule has 2 heterocycles. The molecule has 1 aliphatic heterocycles. The van der Waals surface area contributed by atoms with Crippen molar-refractivity contribution in [2.75, 3.05) is 20.3 Å². The minimum atomic E-state index is -0.123. The van der Waals surface area contributed by atoms with E-state index < -0.39 is 0 Å². The molecule has 0 radical (unpaired) electrons. The molecule has 168 valence electrons. The van der Waals surface area contributed by atoms with E-state index in [-0.39, 0.29) is 17.5 Å². The average Bonchev–Trinajstić information content (AvgIpc) is 2.81. The van der Waals surface area contributed by atoms with Crippen LogP contribution in [0.5, 0.6) is 17.2 Å². The molecule has 0 saturated heterocycles. The maximum atomic E-state index is 12.2. The summed E-state index contributed by atoms with van der Waals surface area (Å²) in [6.07, 6.45) is 0.593. The summed E-state index contributed by atoms with van der Waals surface area (Å²) in [4.78, 5) is 19.7. The number of aromatic nitrogens is 2. The van der Waals surface area contributed by atoms with Crippen LogP contribution in [0.2, 0.25) is 0 Å². The van der Waals surface area contributed by atoms with Gasteiger partial charge < -0.3 is 24.5 Å². The highest BCUT2D eigenvalue weighted by atomic mass is 16.6. The first kappa shape index (κ1) is 21.9. The van der Waals surface area contributed by atoms with Crippen molar-refractivity contribution in [3.05, 3.63) is 81.5 Å². The Morgan fingerprint density at radius 2 is 1.91 bits per heavy atom. The van der Waals surface area contributed by atoms with E-state index in [1.165, 1.54) is 0 Å². The Hall–Kier alpha value is -3.32. The monoisotopic (exact) mass is 435 g/mol. The van der Waals surface area contributed by atoms with Crippen LogP contribution in [-0.2, 0) is 13.0 Å². The number of nitrogens with one attached hydrogen (secondary N) is 2. The standard InChI is InChI=1S/C25H29N3O4/c1-16(2)25-27-19(14-23(29)28-25)13-20(18-7-5-4-6-8-18)26-15-17-11-21(30-3)24-22(12-17)31-9-10-32-24/h4-8,11-12,14,16,20,26H,9-10,13,15H2,1-3H3,(H,27,28,29). The Balaban J connectivity index is 1.58. The first-order chi connectivity index (χ1) is 15.5. The number of fused-ring (bicyclic) bond motifs is 1. The normalized spacial score (nSPS) is 13.8. The zero-order valence-corrected chi connectivity index (χ0v) is 18.7. The number of rotatable bonds is 8. The number of nitrogens with zero attached hydrogens (tertiary/aromatic N) is 1. The van der Waals surface area contributed by atoms with E-state index >= 15 is 0 Å². The molecule has 0 saturated carbocycles. The van der Waals surface area contributed by atoms with Gasteiger partial charge in [-0.25, -0.2) is 4.98 Å². The Morgan fingerprint density at radius 1 is 1.12 bits per heavy atom. The summed E-state index contributed by atoms with van der Waals surface area (Å²) in [6.45, 7) is 5.66. The first-order valence-corrected chi connectivity index (χ1v) is 10.9. The summed E-state index contributed by atoms with van der Waals surface area (Å²) in [7, 11) is 1.63. The molecule has 0 bridgehead atoms. The SMILES string of the molecule is COc1cc(CNC(Cc2cc(=O)[nH]c(C(C)C)n2)c2ccccc2)cc2c1OCCO2. The molecule has 0 aliphatic carbocycles. The second-order valence-electron chi connectivity index (χ2n) is 8.15. The summed E-state index contributed by atoms with van der Waals surface area (Å²) in [5.74, 6) is 2.86. The number of benzene rings is 2. The Morgan fingerprint density at radius 3 is 2.66 bits per heavy atom. The fourth-order valence-electron chi connectivity index (χ4n) is 3.78. The van der Waals surface area contributed by atoms with Gasteiger partial charge in [0.1, 0.15) is 19.0 Å². The third-order valence-corrected chi connectivity index (χ3v) is 5.42. The van der Waals surface area contributed by atoms with Gasteiger partial charge in [-0.3, -0.25) is 4.79 Å². The molecular formula is C25H29N3O4. The highest BCUT2D eigenvalue weighted by Gasteiger charge is 2.20. The quantitative estimate of drug-likeness (QED) is 0.561. The van der Waals surface area contributed by atoms with E-state index in [9.17, 15) is 4.79 Å². The number of hydrogen-bond donors (Lipinski definition) is 2. The predicted molar refractivity (Wildman–Crippen MR) is 123 cm³/mol. The van der Waals surface area contributed by atoms with Crippen molar-refractivity contribution in [3.8, 4) is 17.2 Å². The Labute approximate surface area is 187 Å². The van der Waals surface area contributed by atoms with Gasteiger partial charge >= 0.3 is 0 Å². The first-order valence-electron chi connectivity index (χ1n) is 10.9. The number of aromatic amines is 1. The third kappa shape index (κ3) is 5.11. The Kier molecular flexibility index (Phi) is 6.75. The lowest BCUT2D eigenvalue weighted by Gasteiger charge is -2.23. The van der Waals surface area contributed by atoms with Crippen molar-refractivity contribution < 1.29 is 14.2 Å². The number of methoxy groups -OCH3 is 1. The van der Waals surface area contributed by atoms with Gasteiger partial charge in [0.15, 0.2) is 11.5 Å². The van der Waals surface area contributed by atoms with Gasteiger partial charge in [-0.2, -0.15) is 0 Å². The lowest BCUT2D eigenvalue weighted by molar-refractivity contribution is 0.165. The van der Waals surface area contributed by atoms with Gasteiger partial charge in [-0.15, -0.1) is 0 Å². The van der Waals surface area contributed by atoms with Crippen LogP contribution < -0.4 is 25.1 Å². The topological polar surface area (TPSA) is 85.5 Å². The molecule has 4 rings (SSSR count). The fourth-order valence-corrected chi connectivity index (χ4v) is 3.78. The minimum absolute atomic E-state index is 0.0234. The van der Waals surface area contributed by atoms with Gasteiger partial charge in [0.25, 0.3) is 5.56 Å². The zero-order valence-electron chi connectivity index (χ0n) is 18.7. The van der Waals surface area contributed by atoms with Crippen LogP contribution >= 0.6 is 0 Å². The Bertz CT molecular complexity index is 1090. The van der Waals surface area contributed by atoms with Crippen LogP contribution in [-0.4, -0.2) is 30.3 Å². The fraction of sp³-hybridized carbons (Fsp3) is 0.360. The molecular weight excluding hydrogens is 406 g/mol. The number of hydrogen-bond acceptors (Lipinski definition) is 6. The lowest BCUT2D eigenvalue weighted by atomic mass is 10.0. The van der Waals surface area contributed by atoms with Crippen molar-refractivity contribution in [3.63, 3.8) is 0 Å². The van der Waals surface area contributed by atoms with E-state index in [0.29, 0.717) is 49.3 Å². The van der Waals surface area contributed by atoms with Crippen molar-refractivity contribution in [1.82, 2.24) is 15.3 Å². The highest BCUT2D eigenvalue weighted by molar-refractivity contribution is 5.54. The van der Waals surface area contributed by atoms with Gasteiger partial charge in [0.05, 0.1) is 7.11 Å². The van der Waals surface area contributed by atoms with Gasteiger partial charge in [-0.05, 0) is 23.3 Å². The molecule has 2 N–H and O–H groups in total. The molecule has 7 nitrogen and oxygen atoms in total. The molecule has 3 aromatic rings. The third-order valence-electron chi connectivity index (χ3n) is 5.42. The van der Waals surface area contributed by atoms with Crippen LogP contribution in [0.3, 0.4) is 0 Å². The lowest BCUT2D eigenvalue weighted by Crippen LogP contribution is -2.25. The number of ether oxygens (including phenoxy) is 3. The second-order valence-corrected chi connectivity index (χ2v) is 8.15. The van der Waals surface area contributed by atoms with Crippen LogP contribution in [0.4, 0.5) is 0 Å². The van der Waals surface area contributed by atoms with E-state index in [0.717, 1.165) is 16.8 Å². The predicted octanol–water partition coefficient (Wildman–Crippen LogP) is 3.75.